The van der Waals surface area contributed by atoms with Gasteiger partial charge >= 0.3 is 0 Å². The second kappa shape index (κ2) is 11.2. The molecule has 1 unspecified atom stereocenters. The highest BCUT2D eigenvalue weighted by atomic mass is 16.5. The summed E-state index contributed by atoms with van der Waals surface area (Å²) < 4.78 is 5.41. The third-order valence-electron chi connectivity index (χ3n) is 5.22. The van der Waals surface area contributed by atoms with Gasteiger partial charge in [0.15, 0.2) is 5.96 Å². The lowest BCUT2D eigenvalue weighted by molar-refractivity contribution is -0.115. The van der Waals surface area contributed by atoms with Crippen LogP contribution >= 0.6 is 0 Å². The number of guanidine groups is 1. The van der Waals surface area contributed by atoms with Crippen LogP contribution in [0.15, 0.2) is 59.6 Å². The molecular formula is C23H31N5O2. The van der Waals surface area contributed by atoms with Crippen molar-refractivity contribution in [2.75, 3.05) is 45.7 Å². The number of rotatable bonds is 8. The monoisotopic (exact) mass is 409 g/mol. The average Bonchev–Trinajstić information content (AvgIpc) is 3.31. The Labute approximate surface area is 178 Å². The number of methoxy groups -OCH3 is 1. The first-order valence-electron chi connectivity index (χ1n) is 10.4. The molecule has 1 atom stereocenters. The summed E-state index contributed by atoms with van der Waals surface area (Å²) in [5.74, 6) is 1.34. The van der Waals surface area contributed by atoms with E-state index in [1.807, 2.05) is 42.5 Å². The molecule has 0 spiro atoms. The van der Waals surface area contributed by atoms with Crippen LogP contribution in [0.2, 0.25) is 0 Å². The Morgan fingerprint density at radius 1 is 1.10 bits per heavy atom. The number of benzene rings is 2. The summed E-state index contributed by atoms with van der Waals surface area (Å²) in [5.41, 5.74) is 1.99. The summed E-state index contributed by atoms with van der Waals surface area (Å²) in [4.78, 5) is 18.9. The van der Waals surface area contributed by atoms with Gasteiger partial charge in [-0.1, -0.05) is 30.3 Å². The largest absolute Gasteiger partial charge is 0.497 e. The lowest BCUT2D eigenvalue weighted by Gasteiger charge is -2.29. The Hall–Kier alpha value is -3.06. The predicted molar refractivity (Wildman–Crippen MR) is 121 cm³/mol. The van der Waals surface area contributed by atoms with Gasteiger partial charge in [-0.15, -0.1) is 0 Å². The van der Waals surface area contributed by atoms with Crippen LogP contribution in [0.5, 0.6) is 5.75 Å². The van der Waals surface area contributed by atoms with Gasteiger partial charge in [-0.25, -0.2) is 0 Å². The number of para-hydroxylation sites is 1. The SMILES string of the molecule is CN=C(NCC(=O)Nc1ccccc1)NCC(c1cccc(OC)c1)N1CCCC1. The number of aliphatic imine (C=N–C) groups is 1. The van der Waals surface area contributed by atoms with E-state index >= 15 is 0 Å². The smallest absolute Gasteiger partial charge is 0.243 e. The molecule has 1 fully saturated rings. The zero-order valence-corrected chi connectivity index (χ0v) is 17.7. The first-order valence-corrected chi connectivity index (χ1v) is 10.4. The van der Waals surface area contributed by atoms with E-state index in [2.05, 4.69) is 38.0 Å². The molecule has 0 aliphatic carbocycles. The van der Waals surface area contributed by atoms with Gasteiger partial charge < -0.3 is 20.7 Å². The van der Waals surface area contributed by atoms with Gasteiger partial charge in [0.25, 0.3) is 0 Å². The van der Waals surface area contributed by atoms with Gasteiger partial charge in [-0.05, 0) is 55.8 Å². The number of nitrogens with zero attached hydrogens (tertiary/aromatic N) is 2. The van der Waals surface area contributed by atoms with E-state index in [9.17, 15) is 4.79 Å². The number of hydrogen-bond donors (Lipinski definition) is 3. The molecule has 0 saturated carbocycles. The fourth-order valence-electron chi connectivity index (χ4n) is 3.66. The molecule has 0 radical (unpaired) electrons. The number of ether oxygens (including phenoxy) is 1. The van der Waals surface area contributed by atoms with Crippen molar-refractivity contribution >= 4 is 17.6 Å². The normalized spacial score (nSPS) is 15.5. The molecule has 1 saturated heterocycles. The van der Waals surface area contributed by atoms with Gasteiger partial charge in [-0.2, -0.15) is 0 Å². The molecule has 3 rings (SSSR count). The Kier molecular flexibility index (Phi) is 8.09. The van der Waals surface area contributed by atoms with E-state index in [4.69, 9.17) is 4.74 Å². The Morgan fingerprint density at radius 3 is 2.57 bits per heavy atom. The minimum absolute atomic E-state index is 0.118. The molecule has 7 nitrogen and oxygen atoms in total. The van der Waals surface area contributed by atoms with E-state index in [0.717, 1.165) is 24.5 Å². The van der Waals surface area contributed by atoms with Crippen molar-refractivity contribution < 1.29 is 9.53 Å². The number of hydrogen-bond acceptors (Lipinski definition) is 4. The van der Waals surface area contributed by atoms with Gasteiger partial charge in [0, 0.05) is 19.3 Å². The third-order valence-corrected chi connectivity index (χ3v) is 5.22. The molecule has 1 aliphatic heterocycles. The number of anilines is 1. The minimum Gasteiger partial charge on any atom is -0.497 e. The van der Waals surface area contributed by atoms with Crippen LogP contribution in [-0.4, -0.2) is 57.1 Å². The molecule has 0 bridgehead atoms. The number of amides is 1. The molecule has 3 N–H and O–H groups in total. The van der Waals surface area contributed by atoms with Crippen molar-refractivity contribution in [3.63, 3.8) is 0 Å². The van der Waals surface area contributed by atoms with Crippen molar-refractivity contribution in [3.8, 4) is 5.75 Å². The lowest BCUT2D eigenvalue weighted by atomic mass is 10.1. The number of carbonyl (C=O) groups excluding carboxylic acids is 1. The zero-order chi connectivity index (χ0) is 21.2. The van der Waals surface area contributed by atoms with Gasteiger partial charge in [0.2, 0.25) is 5.91 Å². The van der Waals surface area contributed by atoms with Crippen molar-refractivity contribution in [3.05, 3.63) is 60.2 Å². The predicted octanol–water partition coefficient (Wildman–Crippen LogP) is 2.64. The zero-order valence-electron chi connectivity index (χ0n) is 17.7. The van der Waals surface area contributed by atoms with Crippen molar-refractivity contribution in [2.45, 2.75) is 18.9 Å². The Bertz CT molecular complexity index is 834. The van der Waals surface area contributed by atoms with Crippen LogP contribution in [-0.2, 0) is 4.79 Å². The van der Waals surface area contributed by atoms with E-state index < -0.39 is 0 Å². The standard InChI is InChI=1S/C23H31N5O2/c1-24-23(26-17-22(29)27-19-10-4-3-5-11-19)25-16-21(28-13-6-7-14-28)18-9-8-12-20(15-18)30-2/h3-5,8-12,15,21H,6-7,13-14,16-17H2,1-2H3,(H,27,29)(H2,24,25,26). The molecule has 30 heavy (non-hydrogen) atoms. The quantitative estimate of drug-likeness (QED) is 0.462. The van der Waals surface area contributed by atoms with E-state index in [-0.39, 0.29) is 18.5 Å². The van der Waals surface area contributed by atoms with E-state index in [1.165, 1.54) is 18.4 Å². The molecule has 0 aromatic heterocycles. The highest BCUT2D eigenvalue weighted by molar-refractivity contribution is 5.94. The highest BCUT2D eigenvalue weighted by Gasteiger charge is 2.24. The molecule has 160 valence electrons. The minimum atomic E-state index is -0.118. The van der Waals surface area contributed by atoms with Crippen LogP contribution in [0, 0.1) is 0 Å². The molecule has 2 aromatic rings. The fourth-order valence-corrected chi connectivity index (χ4v) is 3.66. The average molecular weight is 410 g/mol. The topological polar surface area (TPSA) is 78.0 Å². The summed E-state index contributed by atoms with van der Waals surface area (Å²) in [6.07, 6.45) is 2.43. The molecule has 1 heterocycles. The summed E-state index contributed by atoms with van der Waals surface area (Å²) in [6, 6.07) is 17.8. The first kappa shape index (κ1) is 21.6. The molecule has 1 amide bonds. The molecule has 7 heteroatoms. The van der Waals surface area contributed by atoms with Crippen LogP contribution in [0.25, 0.3) is 0 Å². The van der Waals surface area contributed by atoms with Crippen LogP contribution in [0.3, 0.4) is 0 Å². The van der Waals surface area contributed by atoms with Crippen LogP contribution < -0.4 is 20.7 Å². The molecule has 2 aromatic carbocycles. The Balaban J connectivity index is 1.57. The Morgan fingerprint density at radius 2 is 1.87 bits per heavy atom. The second-order valence-corrected chi connectivity index (χ2v) is 7.26. The fraction of sp³-hybridized carbons (Fsp3) is 0.391. The van der Waals surface area contributed by atoms with E-state index in [1.54, 1.807) is 14.2 Å². The maximum Gasteiger partial charge on any atom is 0.243 e. The molecule has 1 aliphatic rings. The third kappa shape index (κ3) is 6.22. The summed E-state index contributed by atoms with van der Waals surface area (Å²) in [6.45, 7) is 2.99. The lowest BCUT2D eigenvalue weighted by Crippen LogP contribution is -2.44. The maximum atomic E-state index is 12.2. The van der Waals surface area contributed by atoms with Crippen molar-refractivity contribution in [1.29, 1.82) is 0 Å². The number of nitrogens with one attached hydrogen (secondary N) is 3. The summed E-state index contributed by atoms with van der Waals surface area (Å²) in [5, 5.41) is 9.33. The molecular weight excluding hydrogens is 378 g/mol. The van der Waals surface area contributed by atoms with Crippen molar-refractivity contribution in [1.82, 2.24) is 15.5 Å². The van der Waals surface area contributed by atoms with Crippen molar-refractivity contribution in [2.24, 2.45) is 4.99 Å². The first-order chi connectivity index (χ1) is 14.7. The van der Waals surface area contributed by atoms with Crippen LogP contribution in [0.4, 0.5) is 5.69 Å². The van der Waals surface area contributed by atoms with E-state index in [0.29, 0.717) is 12.5 Å². The second-order valence-electron chi connectivity index (χ2n) is 7.26. The van der Waals surface area contributed by atoms with Crippen LogP contribution in [0.1, 0.15) is 24.4 Å². The summed E-state index contributed by atoms with van der Waals surface area (Å²) >= 11 is 0. The summed E-state index contributed by atoms with van der Waals surface area (Å²) in [7, 11) is 3.40. The maximum absolute atomic E-state index is 12.2. The number of likely N-dealkylation sites (tertiary alicyclic amines) is 1. The number of carbonyl (C=O) groups is 1. The van der Waals surface area contributed by atoms with Gasteiger partial charge in [0.05, 0.1) is 19.7 Å². The van der Waals surface area contributed by atoms with Gasteiger partial charge in [0.1, 0.15) is 5.75 Å². The van der Waals surface area contributed by atoms with Gasteiger partial charge in [-0.3, -0.25) is 14.7 Å². The highest BCUT2D eigenvalue weighted by Crippen LogP contribution is 2.27.